The molecule has 0 aromatic heterocycles. The summed E-state index contributed by atoms with van der Waals surface area (Å²) >= 11 is 0. The lowest BCUT2D eigenvalue weighted by Gasteiger charge is -2.40. The van der Waals surface area contributed by atoms with Crippen molar-refractivity contribution in [1.82, 2.24) is 25.6 Å². The zero-order valence-electron chi connectivity index (χ0n) is 38.0. The number of aromatic hydroxyl groups is 1. The molecule has 4 N–H and O–H groups in total. The molecule has 25 heteroatoms. The van der Waals surface area contributed by atoms with Crippen LogP contribution in [0.3, 0.4) is 0 Å². The van der Waals surface area contributed by atoms with Gasteiger partial charge >= 0.3 is 31.8 Å². The van der Waals surface area contributed by atoms with E-state index >= 15 is 0 Å². The largest absolute Gasteiger partial charge is 0.507 e. The van der Waals surface area contributed by atoms with Crippen LogP contribution in [0.1, 0.15) is 104 Å². The predicted octanol–water partition coefficient (Wildman–Crippen LogP) is 7.56. The first kappa shape index (κ1) is 54.5. The van der Waals surface area contributed by atoms with Gasteiger partial charge in [-0.05, 0) is 116 Å². The summed E-state index contributed by atoms with van der Waals surface area (Å²) in [6, 6.07) is 7.37. The molecule has 0 spiro atoms. The van der Waals surface area contributed by atoms with Crippen LogP contribution >= 0.6 is 16.1 Å². The summed E-state index contributed by atoms with van der Waals surface area (Å²) in [6.07, 6.45) is -7.66. The van der Waals surface area contributed by atoms with Crippen LogP contribution in [-0.4, -0.2) is 101 Å². The van der Waals surface area contributed by atoms with Crippen molar-refractivity contribution in [2.45, 2.75) is 140 Å². The molecule has 1 aromatic carbocycles. The van der Waals surface area contributed by atoms with Crippen molar-refractivity contribution in [1.29, 1.82) is 5.26 Å². The highest BCUT2D eigenvalue weighted by Gasteiger charge is 2.57. The molecule has 3 aliphatic carbocycles. The van der Waals surface area contributed by atoms with Gasteiger partial charge in [-0.1, -0.05) is 0 Å². The number of carbonyl (C=O) groups is 3. The molecule has 1 aromatic rings. The highest BCUT2D eigenvalue weighted by molar-refractivity contribution is 7.63. The van der Waals surface area contributed by atoms with Gasteiger partial charge in [-0.2, -0.15) is 31.6 Å². The monoisotopic (exact) mass is 1010 g/mol. The van der Waals surface area contributed by atoms with E-state index in [1.54, 1.807) is 10.6 Å². The first-order valence-corrected chi connectivity index (χ1v) is 24.9. The summed E-state index contributed by atoms with van der Waals surface area (Å²) in [7, 11) is -6.37. The lowest BCUT2D eigenvalue weighted by atomic mass is 9.92. The van der Waals surface area contributed by atoms with Crippen molar-refractivity contribution in [2.75, 3.05) is 32.9 Å². The molecule has 1 unspecified atom stereocenters. The van der Waals surface area contributed by atoms with Gasteiger partial charge in [-0.15, -0.1) is 0 Å². The Morgan fingerprint density at radius 2 is 1.51 bits per heavy atom. The fourth-order valence-corrected chi connectivity index (χ4v) is 12.1. The van der Waals surface area contributed by atoms with Crippen molar-refractivity contribution in [2.24, 2.45) is 0 Å². The predicted molar refractivity (Wildman–Crippen MR) is 236 cm³/mol. The van der Waals surface area contributed by atoms with Gasteiger partial charge in [0.05, 0.1) is 37.9 Å². The van der Waals surface area contributed by atoms with Crippen LogP contribution in [0.15, 0.2) is 33.5 Å². The standard InChI is InChI=1S/C43H56F6N6O11P2/c1-27(2)55(28(3)4)67(62-21-9-18-50)66-41-16-14-40(26-41,15-17-41)54-34(57)13-10-29-24-32-36(65-33-25-30(56)11-12-31(33)53-32)37(35(29)58)68(61,63-22-7-5-19-51-38(59)42(44,45)46)64-23-8-6-20-52-39(60)43(47,48)49/h11-12,24-25,27-28,58H,5-10,13-17,19-23,26H2,1-4H3,(H,51,59)(H,52,60)(H,54,57). The molecule has 5 rings (SSSR count). The second kappa shape index (κ2) is 23.0. The number of phenolic OH excluding ortho intramolecular Hbond substituents is 1. The number of rotatable bonds is 25. The van der Waals surface area contributed by atoms with Gasteiger partial charge in [0, 0.05) is 43.2 Å². The minimum Gasteiger partial charge on any atom is -0.507 e. The molecule has 2 bridgehead atoms. The molecule has 4 aliphatic rings. The number of alkyl halides is 6. The van der Waals surface area contributed by atoms with E-state index in [4.69, 9.17) is 27.8 Å². The maximum atomic E-state index is 15.0. The van der Waals surface area contributed by atoms with E-state index in [2.05, 4.69) is 21.0 Å². The van der Waals surface area contributed by atoms with Gasteiger partial charge < -0.3 is 43.6 Å². The van der Waals surface area contributed by atoms with Crippen molar-refractivity contribution in [3.63, 3.8) is 0 Å². The Labute approximate surface area is 389 Å². The molecule has 376 valence electrons. The number of amides is 3. The topological polar surface area (TPSA) is 232 Å². The van der Waals surface area contributed by atoms with Crippen molar-refractivity contribution < 1.29 is 72.9 Å². The Morgan fingerprint density at radius 3 is 2.06 bits per heavy atom. The van der Waals surface area contributed by atoms with Crippen LogP contribution in [0.4, 0.5) is 26.3 Å². The molecule has 0 radical (unpaired) electrons. The average molecular weight is 1010 g/mol. The van der Waals surface area contributed by atoms with E-state index in [9.17, 15) is 55.2 Å². The fraction of sp³-hybridized carbons (Fsp3) is 0.628. The molecule has 1 aliphatic heterocycles. The Balaban J connectivity index is 1.39. The molecular weight excluding hydrogens is 952 g/mol. The van der Waals surface area contributed by atoms with Gasteiger partial charge in [0.25, 0.3) is 8.53 Å². The minimum atomic E-state index is -5.12. The number of phenols is 1. The molecule has 2 saturated carbocycles. The van der Waals surface area contributed by atoms with Gasteiger partial charge in [-0.3, -0.25) is 23.7 Å². The number of nitrogens with one attached hydrogen (secondary N) is 3. The zero-order chi connectivity index (χ0) is 50.1. The summed E-state index contributed by atoms with van der Waals surface area (Å²) in [5, 5.41) is 27.1. The van der Waals surface area contributed by atoms with Crippen molar-refractivity contribution in [3.8, 4) is 23.3 Å². The Morgan fingerprint density at radius 1 is 0.926 bits per heavy atom. The summed E-state index contributed by atoms with van der Waals surface area (Å²) in [6.45, 7) is 6.55. The third kappa shape index (κ3) is 14.1. The zero-order valence-corrected chi connectivity index (χ0v) is 39.8. The quantitative estimate of drug-likeness (QED) is 0.0278. The van der Waals surface area contributed by atoms with Crippen LogP contribution in [0.25, 0.3) is 22.6 Å². The van der Waals surface area contributed by atoms with Crippen LogP contribution < -0.4 is 26.7 Å². The van der Waals surface area contributed by atoms with Crippen LogP contribution in [0, 0.1) is 11.3 Å². The highest BCUT2D eigenvalue weighted by Crippen LogP contribution is 2.60. The average Bonchev–Trinajstić information content (AvgIpc) is 3.78. The lowest BCUT2D eigenvalue weighted by Crippen LogP contribution is -2.45. The summed E-state index contributed by atoms with van der Waals surface area (Å²) in [5.41, 5.74) is -1.75. The lowest BCUT2D eigenvalue weighted by molar-refractivity contribution is -0.173. The minimum absolute atomic E-state index is 0.00560. The Hall–Kier alpha value is -4.42. The normalized spacial score (nSPS) is 19.0. The maximum Gasteiger partial charge on any atom is 0.471 e. The third-order valence-electron chi connectivity index (χ3n) is 11.4. The summed E-state index contributed by atoms with van der Waals surface area (Å²) in [5.74, 6) is -5.48. The fourth-order valence-electron chi connectivity index (χ4n) is 8.31. The number of nitriles is 1. The van der Waals surface area contributed by atoms with E-state index in [1.165, 1.54) is 18.2 Å². The second-order valence-electron chi connectivity index (χ2n) is 17.3. The Bertz CT molecular complexity index is 2320. The maximum absolute atomic E-state index is 15.0. The number of unbranched alkanes of at least 4 members (excludes halogenated alkanes) is 2. The molecular formula is C43H56F6N6O11P2. The molecule has 17 nitrogen and oxygen atoms in total. The number of benzene rings is 2. The number of aromatic nitrogens is 1. The number of hydrogen-bond acceptors (Lipinski definition) is 14. The van der Waals surface area contributed by atoms with Gasteiger partial charge in [0.15, 0.2) is 22.1 Å². The molecule has 1 atom stereocenters. The second-order valence-corrected chi connectivity index (χ2v) is 20.7. The smallest absolute Gasteiger partial charge is 0.471 e. The van der Waals surface area contributed by atoms with E-state index in [0.717, 1.165) is 6.07 Å². The van der Waals surface area contributed by atoms with Crippen LogP contribution in [0.2, 0.25) is 0 Å². The molecule has 68 heavy (non-hydrogen) atoms. The number of hydrogen-bond donors (Lipinski definition) is 4. The number of carbonyl (C=O) groups excluding carboxylic acids is 3. The van der Waals surface area contributed by atoms with Gasteiger partial charge in [0.1, 0.15) is 17.0 Å². The number of halogens is 6. The number of aryl methyl sites for hydroxylation is 1. The summed E-state index contributed by atoms with van der Waals surface area (Å²) in [4.78, 5) is 53.2. The summed E-state index contributed by atoms with van der Waals surface area (Å²) < 4.78 is 124. The first-order chi connectivity index (χ1) is 31.9. The van der Waals surface area contributed by atoms with Crippen LogP contribution in [-0.2, 0) is 43.5 Å². The van der Waals surface area contributed by atoms with E-state index in [0.29, 0.717) is 32.1 Å². The third-order valence-corrected chi connectivity index (χ3v) is 15.7. The molecule has 1 heterocycles. The van der Waals surface area contributed by atoms with Crippen molar-refractivity contribution >= 4 is 50.2 Å². The van der Waals surface area contributed by atoms with Gasteiger partial charge in [0.2, 0.25) is 5.91 Å². The van der Waals surface area contributed by atoms with Crippen LogP contribution in [0.5, 0.6) is 5.75 Å². The Kier molecular flexibility index (Phi) is 18.4. The first-order valence-electron chi connectivity index (χ1n) is 22.2. The van der Waals surface area contributed by atoms with E-state index < -0.39 is 94.2 Å². The number of fused-ring (bicyclic) bond motifs is 4. The molecule has 2 fully saturated rings. The highest BCUT2D eigenvalue weighted by atomic mass is 31.2. The van der Waals surface area contributed by atoms with Crippen molar-refractivity contribution in [3.05, 3.63) is 40.1 Å². The molecule has 0 saturated heterocycles. The molecule has 3 amide bonds. The SMILES string of the molecule is CC(C)N(C(C)C)P(OCCC#N)OC12CCC(NC(=O)CCc3cc4nc5ccc(=O)cc-5oc4c(P(=O)(OCCCCNC(=O)C(F)(F)F)OCCCCNC(=O)C(F)(F)F)c3O)(CC1)C2. The van der Waals surface area contributed by atoms with E-state index in [1.807, 2.05) is 27.7 Å². The van der Waals surface area contributed by atoms with Gasteiger partial charge in [-0.25, -0.2) is 9.65 Å². The number of nitrogens with zero attached hydrogens (tertiary/aromatic N) is 3. The van der Waals surface area contributed by atoms with E-state index in [-0.39, 0.29) is 97.7 Å².